The molecule has 0 radical (unpaired) electrons. The second kappa shape index (κ2) is 10.4. The number of imidazole rings is 1. The maximum absolute atomic E-state index is 14.6. The third-order valence-electron chi connectivity index (χ3n) is 4.78. The van der Waals surface area contributed by atoms with E-state index < -0.39 is 85.5 Å². The molecule has 0 saturated carbocycles. The van der Waals surface area contributed by atoms with Crippen molar-refractivity contribution in [3.8, 4) is 0 Å². The largest absolute Gasteiger partial charge is 0.748 e. The van der Waals surface area contributed by atoms with E-state index in [1.165, 1.54) is 0 Å². The Kier molecular flexibility index (Phi) is 9.36. The van der Waals surface area contributed by atoms with Gasteiger partial charge in [0.25, 0.3) is 0 Å². The summed E-state index contributed by atoms with van der Waals surface area (Å²) in [5, 5.41) is -1.43. The van der Waals surface area contributed by atoms with Crippen LogP contribution in [0.1, 0.15) is 6.42 Å². The summed E-state index contributed by atoms with van der Waals surface area (Å²) in [4.78, 5) is 0. The van der Waals surface area contributed by atoms with Crippen LogP contribution in [0.2, 0.25) is 0 Å². The van der Waals surface area contributed by atoms with E-state index in [2.05, 4.69) is 6.58 Å². The molecular weight excluding hydrogens is 655 g/mol. The van der Waals surface area contributed by atoms with Gasteiger partial charge in [-0.3, -0.25) is 0 Å². The average Bonchev–Trinajstić information content (AvgIpc) is 3.18. The van der Waals surface area contributed by atoms with Crippen molar-refractivity contribution in [1.82, 2.24) is 4.57 Å². The van der Waals surface area contributed by atoms with Crippen LogP contribution < -0.4 is 4.57 Å². The van der Waals surface area contributed by atoms with Crippen molar-refractivity contribution in [2.24, 2.45) is 0 Å². The number of rotatable bonds is 13. The van der Waals surface area contributed by atoms with Crippen LogP contribution in [0.3, 0.4) is 0 Å². The lowest BCUT2D eigenvalue weighted by Gasteiger charge is -2.42. The van der Waals surface area contributed by atoms with Crippen LogP contribution in [0.25, 0.3) is 6.20 Å². The summed E-state index contributed by atoms with van der Waals surface area (Å²) in [5.41, 5.74) is 0. The normalized spacial score (nSPS) is 15.4. The molecule has 0 amide bonds. The molecule has 1 rings (SSSR count). The summed E-state index contributed by atoms with van der Waals surface area (Å²) >= 11 is -0.164. The lowest BCUT2D eigenvalue weighted by molar-refractivity contribution is -0.875. The van der Waals surface area contributed by atoms with Crippen LogP contribution >= 0.6 is 11.8 Å². The average molecular weight is 666 g/mol. The van der Waals surface area contributed by atoms with Gasteiger partial charge < -0.3 is 4.55 Å². The standard InChI is InChI=1S/C16H11F17N2O3S2/c1-2-34-4-5-35(8(34)39-6-3-7-40(36,37)38)16(32,33)14(27,28)12(23,24)10(19,20)9(17,18)11(21,22)13(25,26)15(29,30)31/h2,4-5H,1,3,6-7H2. The van der Waals surface area contributed by atoms with E-state index >= 15 is 0 Å². The molecule has 1 aromatic heterocycles. The van der Waals surface area contributed by atoms with E-state index in [0.29, 0.717) is 6.20 Å². The first-order chi connectivity index (χ1) is 17.4. The molecule has 1 heterocycles. The Bertz CT molecular complexity index is 1190. The maximum Gasteiger partial charge on any atom is 0.470 e. The SMILES string of the molecule is C=Cn1cc[n+](C(F)(F)C(F)(F)C(F)(F)C(F)(F)C(F)(F)C(F)(F)C(F)(F)C(F)(F)F)c1SCCCS(=O)(=O)[O-]. The number of thioether (sulfide) groups is 1. The van der Waals surface area contributed by atoms with Crippen LogP contribution in [0, 0.1) is 0 Å². The summed E-state index contributed by atoms with van der Waals surface area (Å²) in [6, 6.07) is -6.88. The molecule has 0 aliphatic heterocycles. The summed E-state index contributed by atoms with van der Waals surface area (Å²) in [6.45, 7) is 2.95. The molecule has 0 atom stereocenters. The van der Waals surface area contributed by atoms with Gasteiger partial charge in [-0.1, -0.05) is 6.58 Å². The van der Waals surface area contributed by atoms with Crippen LogP contribution in [0.15, 0.2) is 24.1 Å². The number of hydrogen-bond donors (Lipinski definition) is 0. The highest BCUT2D eigenvalue weighted by Gasteiger charge is 2.96. The molecule has 0 saturated heterocycles. The van der Waals surface area contributed by atoms with E-state index in [9.17, 15) is 87.6 Å². The van der Waals surface area contributed by atoms with Gasteiger partial charge in [-0.25, -0.2) is 8.42 Å². The maximum atomic E-state index is 14.6. The van der Waals surface area contributed by atoms with E-state index in [0.717, 1.165) is 0 Å². The minimum absolute atomic E-state index is 0.164. The Morgan fingerprint density at radius 1 is 0.775 bits per heavy atom. The van der Waals surface area contributed by atoms with Gasteiger partial charge in [-0.2, -0.15) is 83.8 Å². The Morgan fingerprint density at radius 2 is 1.18 bits per heavy atom. The van der Waals surface area contributed by atoms with Crippen LogP contribution in [-0.2, 0) is 16.2 Å². The summed E-state index contributed by atoms with van der Waals surface area (Å²) in [5.74, 6) is -52.8. The number of hydrogen-bond acceptors (Lipinski definition) is 4. The molecule has 0 aliphatic carbocycles. The van der Waals surface area contributed by atoms with Crippen molar-refractivity contribution < 1.29 is 92.2 Å². The number of alkyl halides is 17. The first-order valence-corrected chi connectivity index (χ1v) is 12.0. The number of halogens is 17. The highest BCUT2D eigenvalue weighted by molar-refractivity contribution is 7.99. The first-order valence-electron chi connectivity index (χ1n) is 9.43. The second-order valence-corrected chi connectivity index (χ2v) is 10.1. The molecule has 1 aromatic rings. The predicted octanol–water partition coefficient (Wildman–Crippen LogP) is 5.83. The third kappa shape index (κ3) is 5.45. The minimum Gasteiger partial charge on any atom is -0.748 e. The van der Waals surface area contributed by atoms with Gasteiger partial charge in [0, 0.05) is 11.5 Å². The van der Waals surface area contributed by atoms with Gasteiger partial charge in [0.05, 0.1) is 16.3 Å². The van der Waals surface area contributed by atoms with Gasteiger partial charge in [-0.15, -0.1) is 0 Å². The van der Waals surface area contributed by atoms with E-state index in [-0.39, 0.29) is 28.7 Å². The third-order valence-corrected chi connectivity index (χ3v) is 6.73. The topological polar surface area (TPSA) is 66.0 Å². The van der Waals surface area contributed by atoms with Crippen molar-refractivity contribution >= 4 is 28.1 Å². The Balaban J connectivity index is 3.69. The molecule has 40 heavy (non-hydrogen) atoms. The number of aromatic nitrogens is 2. The molecule has 0 bridgehead atoms. The van der Waals surface area contributed by atoms with Crippen molar-refractivity contribution in [3.63, 3.8) is 0 Å². The molecule has 24 heteroatoms. The molecule has 0 aliphatic rings. The number of nitrogens with zero attached hydrogens (tertiary/aromatic N) is 2. The monoisotopic (exact) mass is 666 g/mol. The molecule has 0 N–H and O–H groups in total. The zero-order chi connectivity index (χ0) is 32.2. The van der Waals surface area contributed by atoms with Crippen molar-refractivity contribution in [2.45, 2.75) is 59.3 Å². The summed E-state index contributed by atoms with van der Waals surface area (Å²) in [7, 11) is -4.93. The van der Waals surface area contributed by atoms with Gasteiger partial charge in [-0.05, 0) is 18.2 Å². The van der Waals surface area contributed by atoms with Gasteiger partial charge >= 0.3 is 52.9 Å². The molecule has 234 valence electrons. The lowest BCUT2D eigenvalue weighted by Crippen LogP contribution is -2.76. The van der Waals surface area contributed by atoms with Gasteiger partial charge in [0.2, 0.25) is 0 Å². The summed E-state index contributed by atoms with van der Waals surface area (Å²) < 4.78 is 260. The fourth-order valence-electron chi connectivity index (χ4n) is 2.59. The van der Waals surface area contributed by atoms with Gasteiger partial charge in [0.15, 0.2) is 0 Å². The summed E-state index contributed by atoms with van der Waals surface area (Å²) in [6.07, 6.45) is -8.16. The molecule has 0 spiro atoms. The highest BCUT2D eigenvalue weighted by Crippen LogP contribution is 2.64. The zero-order valence-corrected chi connectivity index (χ0v) is 20.1. The Morgan fingerprint density at radius 3 is 1.55 bits per heavy atom. The van der Waals surface area contributed by atoms with Crippen molar-refractivity contribution in [2.75, 3.05) is 11.5 Å². The van der Waals surface area contributed by atoms with Crippen LogP contribution in [0.4, 0.5) is 74.6 Å². The van der Waals surface area contributed by atoms with Gasteiger partial charge in [0.1, 0.15) is 12.4 Å². The predicted molar refractivity (Wildman–Crippen MR) is 96.8 cm³/mol. The quantitative estimate of drug-likeness (QED) is 0.0875. The molecule has 0 aromatic carbocycles. The molecule has 0 fully saturated rings. The molecular formula is C16H11F17N2O3S2. The molecule has 0 unspecified atom stereocenters. The zero-order valence-electron chi connectivity index (χ0n) is 18.4. The smallest absolute Gasteiger partial charge is 0.470 e. The van der Waals surface area contributed by atoms with E-state index in [4.69, 9.17) is 0 Å². The van der Waals surface area contributed by atoms with Crippen molar-refractivity contribution in [1.29, 1.82) is 0 Å². The van der Waals surface area contributed by atoms with E-state index in [1.54, 1.807) is 0 Å². The second-order valence-electron chi connectivity index (χ2n) is 7.49. The fraction of sp³-hybridized carbons (Fsp3) is 0.688. The Labute approximate surface area is 215 Å². The highest BCUT2D eigenvalue weighted by atomic mass is 32.2. The lowest BCUT2D eigenvalue weighted by atomic mass is 9.90. The van der Waals surface area contributed by atoms with Crippen LogP contribution in [-0.4, -0.2) is 70.8 Å². The first kappa shape index (κ1) is 36.0. The minimum atomic E-state index is -8.75. The fourth-order valence-corrected chi connectivity index (χ4v) is 4.34. The Hall–Kier alpha value is -1.98. The molecule has 5 nitrogen and oxygen atoms in total. The van der Waals surface area contributed by atoms with Crippen LogP contribution in [0.5, 0.6) is 0 Å². The van der Waals surface area contributed by atoms with E-state index in [1.807, 2.05) is 0 Å². The van der Waals surface area contributed by atoms with Crippen molar-refractivity contribution in [3.05, 3.63) is 19.0 Å².